The zero-order valence-corrected chi connectivity index (χ0v) is 11.7. The zero-order chi connectivity index (χ0) is 13.5. The fourth-order valence-electron chi connectivity index (χ4n) is 3.43. The van der Waals surface area contributed by atoms with Crippen LogP contribution >= 0.6 is 0 Å². The number of aliphatic carboxylic acids is 1. The van der Waals surface area contributed by atoms with Gasteiger partial charge >= 0.3 is 5.97 Å². The molecular formula is C12H21NO4S. The van der Waals surface area contributed by atoms with Gasteiger partial charge in [0.15, 0.2) is 5.25 Å². The van der Waals surface area contributed by atoms with Gasteiger partial charge in [-0.2, -0.15) is 0 Å². The van der Waals surface area contributed by atoms with E-state index in [0.717, 1.165) is 12.3 Å². The van der Waals surface area contributed by atoms with Gasteiger partial charge in [0.2, 0.25) is 10.0 Å². The molecule has 0 aromatic carbocycles. The Labute approximate surface area is 108 Å². The van der Waals surface area contributed by atoms with E-state index in [1.807, 2.05) is 0 Å². The lowest BCUT2D eigenvalue weighted by atomic mass is 9.89. The molecule has 2 aliphatic rings. The van der Waals surface area contributed by atoms with Gasteiger partial charge < -0.3 is 5.11 Å². The quantitative estimate of drug-likeness (QED) is 0.817. The summed E-state index contributed by atoms with van der Waals surface area (Å²) >= 11 is 0. The second-order valence-electron chi connectivity index (χ2n) is 5.74. The molecule has 2 fully saturated rings. The first kappa shape index (κ1) is 13.8. The summed E-state index contributed by atoms with van der Waals surface area (Å²) in [6.07, 6.45) is 4.82. The normalized spacial score (nSPS) is 32.9. The lowest BCUT2D eigenvalue weighted by Crippen LogP contribution is -2.41. The Morgan fingerprint density at radius 2 is 2.06 bits per heavy atom. The SMILES string of the molecule is CC(C(=O)O)S(=O)(=O)N(C)CC1CC2CCC1C2. The number of rotatable bonds is 5. The molecule has 0 radical (unpaired) electrons. The van der Waals surface area contributed by atoms with Crippen molar-refractivity contribution in [3.05, 3.63) is 0 Å². The molecule has 2 rings (SSSR count). The minimum atomic E-state index is -3.71. The Bertz CT molecular complexity index is 433. The summed E-state index contributed by atoms with van der Waals surface area (Å²) in [6.45, 7) is 1.70. The third kappa shape index (κ3) is 2.40. The van der Waals surface area contributed by atoms with E-state index in [9.17, 15) is 13.2 Å². The summed E-state index contributed by atoms with van der Waals surface area (Å²) in [4.78, 5) is 10.8. The molecule has 4 unspecified atom stereocenters. The van der Waals surface area contributed by atoms with E-state index in [1.165, 1.54) is 37.5 Å². The number of nitrogens with zero attached hydrogens (tertiary/aromatic N) is 1. The van der Waals surface area contributed by atoms with Crippen LogP contribution in [0.3, 0.4) is 0 Å². The van der Waals surface area contributed by atoms with Crippen LogP contribution in [0.5, 0.6) is 0 Å². The predicted octanol–water partition coefficient (Wildman–Crippen LogP) is 1.16. The number of hydrogen-bond acceptors (Lipinski definition) is 3. The maximum absolute atomic E-state index is 12.0. The molecule has 0 saturated heterocycles. The highest BCUT2D eigenvalue weighted by molar-refractivity contribution is 7.90. The van der Waals surface area contributed by atoms with Crippen molar-refractivity contribution in [3.8, 4) is 0 Å². The van der Waals surface area contributed by atoms with Crippen molar-refractivity contribution < 1.29 is 18.3 Å². The Balaban J connectivity index is 1.99. The zero-order valence-electron chi connectivity index (χ0n) is 10.9. The maximum Gasteiger partial charge on any atom is 0.323 e. The molecular weight excluding hydrogens is 254 g/mol. The molecule has 0 aromatic heterocycles. The standard InChI is InChI=1S/C12H21NO4S/c1-8(12(14)15)18(16,17)13(2)7-11-6-9-3-4-10(11)5-9/h8-11H,3-7H2,1-2H3,(H,14,15). The van der Waals surface area contributed by atoms with Gasteiger partial charge in [0.1, 0.15) is 0 Å². The van der Waals surface area contributed by atoms with Crippen LogP contribution in [0.4, 0.5) is 0 Å². The van der Waals surface area contributed by atoms with Crippen LogP contribution in [-0.4, -0.2) is 42.6 Å². The van der Waals surface area contributed by atoms with Crippen molar-refractivity contribution in [2.24, 2.45) is 17.8 Å². The predicted molar refractivity (Wildman–Crippen MR) is 67.6 cm³/mol. The van der Waals surface area contributed by atoms with E-state index in [1.54, 1.807) is 0 Å². The fourth-order valence-corrected chi connectivity index (χ4v) is 4.63. The molecule has 6 heteroatoms. The lowest BCUT2D eigenvalue weighted by Gasteiger charge is -2.27. The van der Waals surface area contributed by atoms with Gasteiger partial charge in [-0.1, -0.05) is 6.42 Å². The van der Waals surface area contributed by atoms with E-state index in [0.29, 0.717) is 18.4 Å². The Kier molecular flexibility index (Phi) is 3.69. The molecule has 2 aliphatic carbocycles. The average Bonchev–Trinajstić information content (AvgIpc) is 2.89. The van der Waals surface area contributed by atoms with Crippen LogP contribution in [0.25, 0.3) is 0 Å². The van der Waals surface area contributed by atoms with Crippen molar-refractivity contribution >= 4 is 16.0 Å². The molecule has 0 aliphatic heterocycles. The topological polar surface area (TPSA) is 74.7 Å². The first-order valence-corrected chi connectivity index (χ1v) is 8.00. The van der Waals surface area contributed by atoms with E-state index < -0.39 is 21.2 Å². The highest BCUT2D eigenvalue weighted by Crippen LogP contribution is 2.48. The second-order valence-corrected chi connectivity index (χ2v) is 8.10. The summed E-state index contributed by atoms with van der Waals surface area (Å²) in [5.74, 6) is 0.556. The monoisotopic (exact) mass is 275 g/mol. The van der Waals surface area contributed by atoms with Gasteiger partial charge in [-0.3, -0.25) is 4.79 Å². The van der Waals surface area contributed by atoms with Crippen LogP contribution in [0.2, 0.25) is 0 Å². The summed E-state index contributed by atoms with van der Waals surface area (Å²) < 4.78 is 25.3. The van der Waals surface area contributed by atoms with Gasteiger partial charge in [0.25, 0.3) is 0 Å². The van der Waals surface area contributed by atoms with Gasteiger partial charge in [-0.05, 0) is 43.9 Å². The largest absolute Gasteiger partial charge is 0.480 e. The van der Waals surface area contributed by atoms with Crippen LogP contribution in [-0.2, 0) is 14.8 Å². The third-order valence-electron chi connectivity index (χ3n) is 4.61. The number of sulfonamides is 1. The number of carboxylic acids is 1. The van der Waals surface area contributed by atoms with Gasteiger partial charge in [0, 0.05) is 13.6 Å². The second kappa shape index (κ2) is 4.81. The molecule has 5 nitrogen and oxygen atoms in total. The van der Waals surface area contributed by atoms with Gasteiger partial charge in [0.05, 0.1) is 0 Å². The Hall–Kier alpha value is -0.620. The highest BCUT2D eigenvalue weighted by atomic mass is 32.2. The van der Waals surface area contributed by atoms with E-state index in [2.05, 4.69) is 0 Å². The molecule has 104 valence electrons. The van der Waals surface area contributed by atoms with Gasteiger partial charge in [-0.25, -0.2) is 12.7 Å². The third-order valence-corrected chi connectivity index (χ3v) is 6.72. The first-order valence-electron chi connectivity index (χ1n) is 6.50. The summed E-state index contributed by atoms with van der Waals surface area (Å²) in [5.41, 5.74) is 0. The minimum absolute atomic E-state index is 0.421. The number of hydrogen-bond donors (Lipinski definition) is 1. The van der Waals surface area contributed by atoms with Crippen LogP contribution in [0.15, 0.2) is 0 Å². The van der Waals surface area contributed by atoms with Gasteiger partial charge in [-0.15, -0.1) is 0 Å². The van der Waals surface area contributed by atoms with Crippen LogP contribution in [0, 0.1) is 17.8 Å². The van der Waals surface area contributed by atoms with Crippen LogP contribution in [0.1, 0.15) is 32.6 Å². The van der Waals surface area contributed by atoms with Crippen molar-refractivity contribution in [2.45, 2.75) is 37.9 Å². The first-order chi connectivity index (χ1) is 8.32. The molecule has 18 heavy (non-hydrogen) atoms. The summed E-state index contributed by atoms with van der Waals surface area (Å²) in [5, 5.41) is 7.47. The minimum Gasteiger partial charge on any atom is -0.480 e. The maximum atomic E-state index is 12.0. The molecule has 0 spiro atoms. The van der Waals surface area contributed by atoms with E-state index in [-0.39, 0.29) is 0 Å². The fraction of sp³-hybridized carbons (Fsp3) is 0.917. The molecule has 0 aromatic rings. The summed E-state index contributed by atoms with van der Waals surface area (Å²) in [6, 6.07) is 0. The number of fused-ring (bicyclic) bond motifs is 2. The Morgan fingerprint density at radius 3 is 2.50 bits per heavy atom. The molecule has 2 saturated carbocycles. The van der Waals surface area contributed by atoms with Crippen molar-refractivity contribution in [1.82, 2.24) is 4.31 Å². The smallest absolute Gasteiger partial charge is 0.323 e. The van der Waals surface area contributed by atoms with Crippen molar-refractivity contribution in [1.29, 1.82) is 0 Å². The molecule has 2 bridgehead atoms. The molecule has 1 N–H and O–H groups in total. The molecule has 0 heterocycles. The average molecular weight is 275 g/mol. The molecule has 0 amide bonds. The van der Waals surface area contributed by atoms with Crippen molar-refractivity contribution in [3.63, 3.8) is 0 Å². The van der Waals surface area contributed by atoms with E-state index >= 15 is 0 Å². The highest BCUT2D eigenvalue weighted by Gasteiger charge is 2.41. The van der Waals surface area contributed by atoms with E-state index in [4.69, 9.17) is 5.11 Å². The van der Waals surface area contributed by atoms with Crippen molar-refractivity contribution in [2.75, 3.05) is 13.6 Å². The Morgan fingerprint density at radius 1 is 1.39 bits per heavy atom. The number of carboxylic acid groups (broad SMARTS) is 1. The molecule has 4 atom stereocenters. The summed E-state index contributed by atoms with van der Waals surface area (Å²) in [7, 11) is -2.21. The van der Waals surface area contributed by atoms with Crippen LogP contribution < -0.4 is 0 Å². The number of carbonyl (C=O) groups is 1. The lowest BCUT2D eigenvalue weighted by molar-refractivity contribution is -0.136.